The molecule has 0 saturated carbocycles. The molecule has 1 N–H and O–H groups in total. The highest BCUT2D eigenvalue weighted by molar-refractivity contribution is 9.10. The highest BCUT2D eigenvalue weighted by Gasteiger charge is 2.32. The number of fused-ring (bicyclic) bond motifs is 2. The summed E-state index contributed by atoms with van der Waals surface area (Å²) in [5.74, 6) is 0.641. The Morgan fingerprint density at radius 1 is 1.15 bits per heavy atom. The van der Waals surface area contributed by atoms with Crippen LogP contribution in [0.2, 0.25) is 0 Å². The number of H-pyrrole nitrogens is 1. The number of nitrogens with zero attached hydrogens (tertiary/aromatic N) is 2. The zero-order chi connectivity index (χ0) is 24.0. The molecule has 1 fully saturated rings. The zero-order valence-corrected chi connectivity index (χ0v) is 20.9. The average Bonchev–Trinajstić information content (AvgIpc) is 3.28. The van der Waals surface area contributed by atoms with Gasteiger partial charge in [0.1, 0.15) is 22.6 Å². The van der Waals surface area contributed by atoms with Crippen molar-refractivity contribution >= 4 is 44.0 Å². The summed E-state index contributed by atoms with van der Waals surface area (Å²) in [6.07, 6.45) is 4.27. The monoisotopic (exact) mass is 523 g/mol. The first-order valence-electron chi connectivity index (χ1n) is 11.4. The van der Waals surface area contributed by atoms with E-state index in [-0.39, 0.29) is 17.6 Å². The molecule has 8 heteroatoms. The van der Waals surface area contributed by atoms with Crippen LogP contribution in [0, 0.1) is 0 Å². The summed E-state index contributed by atoms with van der Waals surface area (Å²) < 4.78 is 12.4. The Bertz CT molecular complexity index is 1450. The minimum Gasteiger partial charge on any atom is -0.456 e. The summed E-state index contributed by atoms with van der Waals surface area (Å²) in [6, 6.07) is 10.7. The van der Waals surface area contributed by atoms with Gasteiger partial charge in [-0.1, -0.05) is 15.9 Å². The lowest BCUT2D eigenvalue weighted by Crippen LogP contribution is -2.42. The van der Waals surface area contributed by atoms with Crippen LogP contribution in [0.25, 0.3) is 33.3 Å². The second kappa shape index (κ2) is 8.58. The second-order valence-corrected chi connectivity index (χ2v) is 10.6. The lowest BCUT2D eigenvalue weighted by atomic mass is 10.0. The van der Waals surface area contributed by atoms with Gasteiger partial charge in [0.2, 0.25) is 5.43 Å². The van der Waals surface area contributed by atoms with E-state index in [9.17, 15) is 9.59 Å². The molecule has 5 rings (SSSR count). The number of carbonyl (C=O) groups is 1. The fraction of sp³-hybridized carbons (Fsp3) is 0.346. The smallest absolute Gasteiger partial charge is 0.410 e. The number of rotatable bonds is 2. The molecule has 0 unspecified atom stereocenters. The zero-order valence-electron chi connectivity index (χ0n) is 19.4. The van der Waals surface area contributed by atoms with Gasteiger partial charge in [-0.2, -0.15) is 0 Å². The number of halogens is 1. The summed E-state index contributed by atoms with van der Waals surface area (Å²) >= 11 is 3.42. The van der Waals surface area contributed by atoms with E-state index in [0.717, 1.165) is 35.0 Å². The molecule has 0 spiro atoms. The second-order valence-electron chi connectivity index (χ2n) is 9.66. The van der Waals surface area contributed by atoms with Crippen LogP contribution in [-0.2, 0) is 4.74 Å². The maximum Gasteiger partial charge on any atom is 0.410 e. The topological polar surface area (TPSA) is 88.4 Å². The summed E-state index contributed by atoms with van der Waals surface area (Å²) in [5, 5.41) is 1.03. The molecule has 34 heavy (non-hydrogen) atoms. The van der Waals surface area contributed by atoms with Gasteiger partial charge in [0.05, 0.1) is 28.7 Å². The fourth-order valence-corrected chi connectivity index (χ4v) is 4.76. The Hall–Kier alpha value is -3.13. The quantitative estimate of drug-likeness (QED) is 0.300. The molecule has 1 amide bonds. The molecular weight excluding hydrogens is 498 g/mol. The van der Waals surface area contributed by atoms with Crippen LogP contribution in [0.1, 0.15) is 51.8 Å². The number of aromatic nitrogens is 2. The third-order valence-corrected chi connectivity index (χ3v) is 6.48. The van der Waals surface area contributed by atoms with Crippen LogP contribution in [-0.4, -0.2) is 33.1 Å². The van der Waals surface area contributed by atoms with Gasteiger partial charge in [0, 0.05) is 16.6 Å². The number of benzene rings is 2. The van der Waals surface area contributed by atoms with Crippen molar-refractivity contribution in [2.45, 2.75) is 51.7 Å². The number of carbonyl (C=O) groups excluding carboxylic acids is 1. The Morgan fingerprint density at radius 2 is 1.97 bits per heavy atom. The average molecular weight is 524 g/mol. The number of likely N-dealkylation sites (tertiary alicyclic amines) is 1. The van der Waals surface area contributed by atoms with Gasteiger partial charge < -0.3 is 14.1 Å². The largest absolute Gasteiger partial charge is 0.456 e. The van der Waals surface area contributed by atoms with Gasteiger partial charge in [-0.25, -0.2) is 9.78 Å². The fourth-order valence-electron chi connectivity index (χ4n) is 4.42. The Morgan fingerprint density at radius 3 is 2.76 bits per heavy atom. The summed E-state index contributed by atoms with van der Waals surface area (Å²) in [7, 11) is 0. The van der Waals surface area contributed by atoms with E-state index in [4.69, 9.17) is 9.15 Å². The van der Waals surface area contributed by atoms with E-state index >= 15 is 0 Å². The minimum atomic E-state index is -0.551. The lowest BCUT2D eigenvalue weighted by molar-refractivity contribution is 0.00906. The number of imidazole rings is 1. The third kappa shape index (κ3) is 4.34. The number of aromatic amines is 1. The third-order valence-electron chi connectivity index (χ3n) is 5.99. The van der Waals surface area contributed by atoms with Crippen molar-refractivity contribution in [2.75, 3.05) is 6.54 Å². The molecule has 0 aliphatic carbocycles. The van der Waals surface area contributed by atoms with Crippen LogP contribution in [0.15, 0.2) is 56.3 Å². The van der Waals surface area contributed by atoms with Crippen molar-refractivity contribution < 1.29 is 13.9 Å². The van der Waals surface area contributed by atoms with Crippen LogP contribution >= 0.6 is 15.9 Å². The highest BCUT2D eigenvalue weighted by atomic mass is 79.9. The molecule has 0 bridgehead atoms. The normalized spacial score (nSPS) is 16.8. The van der Waals surface area contributed by atoms with Crippen molar-refractivity contribution in [3.8, 4) is 11.4 Å². The maximum absolute atomic E-state index is 13.1. The highest BCUT2D eigenvalue weighted by Crippen LogP contribution is 2.33. The van der Waals surface area contributed by atoms with E-state index in [1.54, 1.807) is 35.4 Å². The van der Waals surface area contributed by atoms with E-state index in [1.165, 1.54) is 0 Å². The molecule has 2 aromatic carbocycles. The van der Waals surface area contributed by atoms with Crippen molar-refractivity contribution in [1.29, 1.82) is 0 Å². The molecule has 176 valence electrons. The first-order chi connectivity index (χ1) is 16.2. The number of hydrogen-bond acceptors (Lipinski definition) is 5. The number of piperidine rings is 1. The predicted octanol–water partition coefficient (Wildman–Crippen LogP) is 6.56. The Kier molecular flexibility index (Phi) is 5.72. The van der Waals surface area contributed by atoms with Crippen molar-refractivity contribution in [1.82, 2.24) is 14.9 Å². The standard InChI is InChI=1S/C26H26BrN3O4/c1-26(2,3)34-25(32)30-11-5-4-6-20(30)19-14-28-24(29-19)15-7-10-21-18(12-15)23(31)17-9-8-16(27)13-22(17)33-21/h7-10,12-14,20H,4-6,11H2,1-3H3,(H,28,29)/t20-/m0/s1. The van der Waals surface area contributed by atoms with E-state index in [2.05, 4.69) is 25.9 Å². The molecule has 7 nitrogen and oxygen atoms in total. The first kappa shape index (κ1) is 22.7. The van der Waals surface area contributed by atoms with Gasteiger partial charge in [-0.3, -0.25) is 9.69 Å². The van der Waals surface area contributed by atoms with E-state index in [1.807, 2.05) is 32.9 Å². The Labute approximate surface area is 205 Å². The molecule has 0 radical (unpaired) electrons. The predicted molar refractivity (Wildman–Crippen MR) is 135 cm³/mol. The van der Waals surface area contributed by atoms with Crippen molar-refractivity contribution in [3.05, 3.63) is 63.0 Å². The minimum absolute atomic E-state index is 0.0826. The molecule has 1 saturated heterocycles. The van der Waals surface area contributed by atoms with Gasteiger partial charge in [0.25, 0.3) is 0 Å². The number of amides is 1. The Balaban J connectivity index is 1.49. The molecule has 1 aliphatic rings. The van der Waals surface area contributed by atoms with Crippen LogP contribution in [0.3, 0.4) is 0 Å². The SMILES string of the molecule is CC(C)(C)OC(=O)N1CCCC[C@H]1c1cnc(-c2ccc3oc4cc(Br)ccc4c(=O)c3c2)[nH]1. The molecule has 2 aromatic heterocycles. The first-order valence-corrected chi connectivity index (χ1v) is 12.2. The maximum atomic E-state index is 13.1. The molecule has 4 aromatic rings. The van der Waals surface area contributed by atoms with Crippen LogP contribution in [0.5, 0.6) is 0 Å². The van der Waals surface area contributed by atoms with Crippen molar-refractivity contribution in [2.24, 2.45) is 0 Å². The summed E-state index contributed by atoms with van der Waals surface area (Å²) in [6.45, 7) is 6.26. The molecule has 1 atom stereocenters. The number of ether oxygens (including phenoxy) is 1. The molecule has 3 heterocycles. The van der Waals surface area contributed by atoms with Gasteiger partial charge in [-0.15, -0.1) is 0 Å². The van der Waals surface area contributed by atoms with Gasteiger partial charge >= 0.3 is 6.09 Å². The van der Waals surface area contributed by atoms with Crippen LogP contribution in [0.4, 0.5) is 4.79 Å². The van der Waals surface area contributed by atoms with E-state index in [0.29, 0.717) is 34.3 Å². The lowest BCUT2D eigenvalue weighted by Gasteiger charge is -2.36. The van der Waals surface area contributed by atoms with Gasteiger partial charge in [-0.05, 0) is 76.4 Å². The summed E-state index contributed by atoms with van der Waals surface area (Å²) in [5.41, 5.74) is 2.07. The van der Waals surface area contributed by atoms with Crippen LogP contribution < -0.4 is 5.43 Å². The molecule has 1 aliphatic heterocycles. The number of hydrogen-bond donors (Lipinski definition) is 1. The summed E-state index contributed by atoms with van der Waals surface area (Å²) in [4.78, 5) is 35.6. The molecular formula is C26H26BrN3O4. The number of nitrogens with one attached hydrogen (secondary N) is 1. The van der Waals surface area contributed by atoms with Crippen molar-refractivity contribution in [3.63, 3.8) is 0 Å². The van der Waals surface area contributed by atoms with E-state index < -0.39 is 5.60 Å². The van der Waals surface area contributed by atoms with Gasteiger partial charge in [0.15, 0.2) is 0 Å².